The molecule has 6 nitrogen and oxygen atoms in total. The van der Waals surface area contributed by atoms with Crippen molar-refractivity contribution in [3.05, 3.63) is 47.0 Å². The van der Waals surface area contributed by atoms with E-state index in [1.807, 2.05) is 18.7 Å². The van der Waals surface area contributed by atoms with Crippen LogP contribution < -0.4 is 10.6 Å². The Hall–Kier alpha value is -1.64. The van der Waals surface area contributed by atoms with Gasteiger partial charge in [-0.2, -0.15) is 5.10 Å². The third-order valence-electron chi connectivity index (χ3n) is 4.47. The zero-order chi connectivity index (χ0) is 16.9. The molecule has 0 aliphatic carbocycles. The van der Waals surface area contributed by atoms with Crippen molar-refractivity contribution in [1.82, 2.24) is 25.4 Å². The number of fused-ring (bicyclic) bond motifs is 1. The molecule has 2 N–H and O–H groups in total. The van der Waals surface area contributed by atoms with Crippen LogP contribution in [0.25, 0.3) is 0 Å². The number of aryl methyl sites for hydroxylation is 3. The van der Waals surface area contributed by atoms with Crippen molar-refractivity contribution in [3.63, 3.8) is 0 Å². The van der Waals surface area contributed by atoms with Gasteiger partial charge in [-0.3, -0.25) is 4.99 Å². The molecule has 7 heteroatoms. The van der Waals surface area contributed by atoms with Gasteiger partial charge in [0, 0.05) is 26.1 Å². The minimum Gasteiger partial charge on any atom is -0.352 e. The number of nitrogens with zero attached hydrogens (tertiary/aromatic N) is 4. The Balaban J connectivity index is 0.00000225. The molecule has 25 heavy (non-hydrogen) atoms. The van der Waals surface area contributed by atoms with Gasteiger partial charge >= 0.3 is 0 Å². The fourth-order valence-corrected chi connectivity index (χ4v) is 3.19. The predicted octanol–water partition coefficient (Wildman–Crippen LogP) is 2.45. The van der Waals surface area contributed by atoms with E-state index in [1.54, 1.807) is 0 Å². The van der Waals surface area contributed by atoms with Crippen LogP contribution in [0.1, 0.15) is 36.1 Å². The smallest absolute Gasteiger partial charge is 0.191 e. The molecule has 0 radical (unpaired) electrons. The number of benzene rings is 1. The minimum absolute atomic E-state index is 0. The van der Waals surface area contributed by atoms with E-state index in [-0.39, 0.29) is 24.0 Å². The quantitative estimate of drug-likeness (QED) is 0.423. The molecule has 0 bridgehead atoms. The lowest BCUT2D eigenvalue weighted by molar-refractivity contribution is 0.392. The molecule has 1 aliphatic heterocycles. The van der Waals surface area contributed by atoms with Gasteiger partial charge in [0.2, 0.25) is 0 Å². The normalized spacial score (nSPS) is 16.8. The highest BCUT2D eigenvalue weighted by Crippen LogP contribution is 2.13. The summed E-state index contributed by atoms with van der Waals surface area (Å²) in [6.07, 6.45) is 3.04. The van der Waals surface area contributed by atoms with Crippen molar-refractivity contribution in [2.75, 3.05) is 7.05 Å². The molecule has 0 spiro atoms. The number of aromatic nitrogens is 3. The maximum atomic E-state index is 4.46. The maximum absolute atomic E-state index is 4.46. The average molecular weight is 454 g/mol. The fraction of sp³-hybridized carbons (Fsp3) is 0.500. The number of hydrogen-bond acceptors (Lipinski definition) is 3. The van der Waals surface area contributed by atoms with Crippen molar-refractivity contribution in [2.45, 2.75) is 52.2 Å². The standard InChI is InChI=1S/C18H26N6.HI/c1-4-14-7-5-6-8-15(14)11-20-18(19-3)22-16-9-10-17-21-13(2)23-24(17)12-16;/h5-8,16H,4,9-12H2,1-3H3,(H2,19,20,22);1H. The van der Waals surface area contributed by atoms with Crippen molar-refractivity contribution in [3.8, 4) is 0 Å². The Bertz CT molecular complexity index is 724. The van der Waals surface area contributed by atoms with Gasteiger partial charge in [0.25, 0.3) is 0 Å². The Morgan fingerprint density at radius 2 is 2.08 bits per heavy atom. The molecular formula is C18H27IN6. The van der Waals surface area contributed by atoms with Crippen LogP contribution in [-0.4, -0.2) is 33.8 Å². The second-order valence-corrected chi connectivity index (χ2v) is 6.19. The van der Waals surface area contributed by atoms with Crippen molar-refractivity contribution < 1.29 is 0 Å². The van der Waals surface area contributed by atoms with E-state index in [1.165, 1.54) is 11.1 Å². The van der Waals surface area contributed by atoms with Crippen LogP contribution in [0, 0.1) is 6.92 Å². The summed E-state index contributed by atoms with van der Waals surface area (Å²) in [7, 11) is 1.81. The summed E-state index contributed by atoms with van der Waals surface area (Å²) in [5, 5.41) is 11.4. The van der Waals surface area contributed by atoms with Gasteiger partial charge in [-0.15, -0.1) is 24.0 Å². The third kappa shape index (κ3) is 4.93. The van der Waals surface area contributed by atoms with E-state index >= 15 is 0 Å². The van der Waals surface area contributed by atoms with Gasteiger partial charge in [-0.25, -0.2) is 9.67 Å². The van der Waals surface area contributed by atoms with Crippen LogP contribution in [0.2, 0.25) is 0 Å². The topological polar surface area (TPSA) is 67.1 Å². The molecule has 1 atom stereocenters. The lowest BCUT2D eigenvalue weighted by atomic mass is 10.1. The molecule has 1 aliphatic rings. The van der Waals surface area contributed by atoms with E-state index in [2.05, 4.69) is 56.9 Å². The number of rotatable bonds is 4. The lowest BCUT2D eigenvalue weighted by Gasteiger charge is -2.25. The molecule has 2 heterocycles. The van der Waals surface area contributed by atoms with Crippen LogP contribution in [-0.2, 0) is 25.9 Å². The highest BCUT2D eigenvalue weighted by molar-refractivity contribution is 14.0. The van der Waals surface area contributed by atoms with Gasteiger partial charge < -0.3 is 10.6 Å². The first-order valence-corrected chi connectivity index (χ1v) is 8.64. The van der Waals surface area contributed by atoms with E-state index in [0.29, 0.717) is 6.04 Å². The summed E-state index contributed by atoms with van der Waals surface area (Å²) < 4.78 is 2.01. The zero-order valence-electron chi connectivity index (χ0n) is 15.1. The van der Waals surface area contributed by atoms with E-state index < -0.39 is 0 Å². The van der Waals surface area contributed by atoms with E-state index in [0.717, 1.165) is 50.0 Å². The molecule has 0 amide bonds. The predicted molar refractivity (Wildman–Crippen MR) is 111 cm³/mol. The lowest BCUT2D eigenvalue weighted by Crippen LogP contribution is -2.46. The van der Waals surface area contributed by atoms with Crippen LogP contribution in [0.3, 0.4) is 0 Å². The highest BCUT2D eigenvalue weighted by Gasteiger charge is 2.21. The van der Waals surface area contributed by atoms with Gasteiger partial charge in [0.15, 0.2) is 5.96 Å². The summed E-state index contributed by atoms with van der Waals surface area (Å²) >= 11 is 0. The first-order valence-electron chi connectivity index (χ1n) is 8.64. The third-order valence-corrected chi connectivity index (χ3v) is 4.47. The number of nitrogens with one attached hydrogen (secondary N) is 2. The van der Waals surface area contributed by atoms with E-state index in [4.69, 9.17) is 0 Å². The van der Waals surface area contributed by atoms with Crippen LogP contribution in [0.5, 0.6) is 0 Å². The largest absolute Gasteiger partial charge is 0.352 e. The Morgan fingerprint density at radius 1 is 1.32 bits per heavy atom. The highest BCUT2D eigenvalue weighted by atomic mass is 127. The van der Waals surface area contributed by atoms with Gasteiger partial charge in [0.1, 0.15) is 11.6 Å². The van der Waals surface area contributed by atoms with Gasteiger partial charge in [-0.1, -0.05) is 31.2 Å². The molecule has 0 saturated carbocycles. The molecule has 1 unspecified atom stereocenters. The van der Waals surface area contributed by atoms with Crippen molar-refractivity contribution in [1.29, 1.82) is 0 Å². The summed E-state index contributed by atoms with van der Waals surface area (Å²) in [5.41, 5.74) is 2.70. The Labute approximate surface area is 166 Å². The SMILES string of the molecule is CCc1ccccc1CNC(=NC)NC1CCc2nc(C)nn2C1.I. The van der Waals surface area contributed by atoms with E-state index in [9.17, 15) is 0 Å². The molecule has 1 aromatic carbocycles. The molecule has 1 aromatic heterocycles. The second-order valence-electron chi connectivity index (χ2n) is 6.19. The maximum Gasteiger partial charge on any atom is 0.191 e. The van der Waals surface area contributed by atoms with Crippen LogP contribution >= 0.6 is 24.0 Å². The van der Waals surface area contributed by atoms with Gasteiger partial charge in [-0.05, 0) is 30.9 Å². The molecule has 3 rings (SSSR count). The number of guanidine groups is 1. The van der Waals surface area contributed by atoms with Crippen molar-refractivity contribution in [2.24, 2.45) is 4.99 Å². The molecule has 0 fully saturated rings. The molecule has 0 saturated heterocycles. The first-order chi connectivity index (χ1) is 11.7. The van der Waals surface area contributed by atoms with Crippen LogP contribution in [0.15, 0.2) is 29.3 Å². The summed E-state index contributed by atoms with van der Waals surface area (Å²) in [4.78, 5) is 8.82. The fourth-order valence-electron chi connectivity index (χ4n) is 3.19. The van der Waals surface area contributed by atoms with Crippen LogP contribution in [0.4, 0.5) is 0 Å². The molecule has 2 aromatic rings. The summed E-state index contributed by atoms with van der Waals surface area (Å²) in [6, 6.07) is 8.86. The first kappa shape index (κ1) is 19.7. The monoisotopic (exact) mass is 454 g/mol. The zero-order valence-corrected chi connectivity index (χ0v) is 17.4. The molecular weight excluding hydrogens is 427 g/mol. The number of hydrogen-bond donors (Lipinski definition) is 2. The molecule has 136 valence electrons. The van der Waals surface area contributed by atoms with Crippen molar-refractivity contribution >= 4 is 29.9 Å². The Kier molecular flexibility index (Phi) is 7.22. The summed E-state index contributed by atoms with van der Waals surface area (Å²) in [5.74, 6) is 2.78. The number of aliphatic imine (C=N–C) groups is 1. The average Bonchev–Trinajstić information content (AvgIpc) is 2.98. The minimum atomic E-state index is 0. The second kappa shape index (κ2) is 9.17. The Morgan fingerprint density at radius 3 is 2.80 bits per heavy atom. The van der Waals surface area contributed by atoms with Gasteiger partial charge in [0.05, 0.1) is 6.54 Å². The summed E-state index contributed by atoms with van der Waals surface area (Å²) in [6.45, 7) is 5.75. The number of halogens is 1.